The highest BCUT2D eigenvalue weighted by molar-refractivity contribution is 7.81. The quantitative estimate of drug-likeness (QED) is 0.488. The molecule has 0 spiro atoms. The van der Waals surface area contributed by atoms with Crippen LogP contribution in [0, 0.1) is 0 Å². The molecule has 2 heterocycles. The molecule has 1 aliphatic rings. The Balaban J connectivity index is 1.89. The van der Waals surface area contributed by atoms with Crippen molar-refractivity contribution in [3.63, 3.8) is 0 Å². The summed E-state index contributed by atoms with van der Waals surface area (Å²) in [6, 6.07) is 15.4. The highest BCUT2D eigenvalue weighted by Crippen LogP contribution is 2.36. The van der Waals surface area contributed by atoms with E-state index in [0.29, 0.717) is 11.1 Å². The predicted octanol–water partition coefficient (Wildman–Crippen LogP) is 3.18. The molecule has 0 saturated heterocycles. The number of nitrogens with one attached hydrogen (secondary N) is 2. The Bertz CT molecular complexity index is 982. The summed E-state index contributed by atoms with van der Waals surface area (Å²) >= 11 is 4.55. The first kappa shape index (κ1) is 16.1. The summed E-state index contributed by atoms with van der Waals surface area (Å²) in [6.45, 7) is 0. The molecule has 3 aromatic rings. The van der Waals surface area contributed by atoms with E-state index >= 15 is 0 Å². The number of nitrogens with zero attached hydrogens (tertiary/aromatic N) is 1. The van der Waals surface area contributed by atoms with Crippen molar-refractivity contribution in [1.82, 2.24) is 5.32 Å². The number of anilines is 2. The van der Waals surface area contributed by atoms with E-state index in [1.807, 2.05) is 61.5 Å². The third-order valence-corrected chi connectivity index (χ3v) is 4.76. The van der Waals surface area contributed by atoms with E-state index in [4.69, 9.17) is 4.42 Å². The molecule has 1 aromatic heterocycles. The molecule has 0 radical (unpaired) electrons. The Hall–Kier alpha value is -2.44. The zero-order chi connectivity index (χ0) is 17.6. The van der Waals surface area contributed by atoms with Gasteiger partial charge < -0.3 is 14.6 Å². The molecule has 5 nitrogen and oxygen atoms in total. The molecule has 4 rings (SSSR count). The van der Waals surface area contributed by atoms with Gasteiger partial charge in [0.15, 0.2) is 0 Å². The molecule has 0 bridgehead atoms. The van der Waals surface area contributed by atoms with Crippen molar-refractivity contribution < 1.29 is 4.42 Å². The smallest absolute Gasteiger partial charge is 0.343 e. The first-order valence-electron chi connectivity index (χ1n) is 8.08. The summed E-state index contributed by atoms with van der Waals surface area (Å²) in [5.41, 5.74) is 3.43. The lowest BCUT2D eigenvalue weighted by Crippen LogP contribution is -2.42. The van der Waals surface area contributed by atoms with E-state index < -0.39 is 0 Å². The van der Waals surface area contributed by atoms with Crippen molar-refractivity contribution in [2.24, 2.45) is 0 Å². The number of benzene rings is 2. The molecule has 0 fully saturated rings. The molecule has 1 aliphatic heterocycles. The molecule has 2 atom stereocenters. The van der Waals surface area contributed by atoms with E-state index in [2.05, 4.69) is 23.3 Å². The Morgan fingerprint density at radius 3 is 2.52 bits per heavy atom. The van der Waals surface area contributed by atoms with E-state index in [9.17, 15) is 4.79 Å². The first-order chi connectivity index (χ1) is 12.0. The maximum Gasteiger partial charge on any atom is 0.343 e. The molecule has 25 heavy (non-hydrogen) atoms. The fourth-order valence-corrected chi connectivity index (χ4v) is 3.51. The minimum Gasteiger partial charge on any atom is -0.422 e. The third kappa shape index (κ3) is 2.77. The second-order valence-corrected chi connectivity index (χ2v) is 6.82. The maximum absolute atomic E-state index is 12.7. The number of hydrogen-bond donors (Lipinski definition) is 3. The van der Waals surface area contributed by atoms with Crippen molar-refractivity contribution in [1.29, 1.82) is 0 Å². The van der Waals surface area contributed by atoms with Crippen LogP contribution in [-0.4, -0.2) is 19.6 Å². The third-order valence-electron chi connectivity index (χ3n) is 4.49. The minimum absolute atomic E-state index is 0.267. The van der Waals surface area contributed by atoms with Gasteiger partial charge in [-0.1, -0.05) is 24.3 Å². The number of hydrogen-bond acceptors (Lipinski definition) is 6. The molecular formula is C19H19N3O2S. The van der Waals surface area contributed by atoms with Gasteiger partial charge in [0.25, 0.3) is 0 Å². The summed E-state index contributed by atoms with van der Waals surface area (Å²) < 4.78 is 5.54. The normalized spacial score (nSPS) is 19.3. The van der Waals surface area contributed by atoms with Crippen molar-refractivity contribution in [3.05, 3.63) is 70.1 Å². The average molecular weight is 353 g/mol. The Morgan fingerprint density at radius 1 is 1.08 bits per heavy atom. The van der Waals surface area contributed by atoms with Crippen LogP contribution >= 0.6 is 12.6 Å². The lowest BCUT2D eigenvalue weighted by molar-refractivity contribution is 0.513. The fourth-order valence-electron chi connectivity index (χ4n) is 3.23. The summed E-state index contributed by atoms with van der Waals surface area (Å²) in [5, 5.41) is 7.46. The Morgan fingerprint density at radius 2 is 1.80 bits per heavy atom. The van der Waals surface area contributed by atoms with Gasteiger partial charge >= 0.3 is 5.63 Å². The molecule has 6 heteroatoms. The summed E-state index contributed by atoms with van der Waals surface area (Å²) in [6.07, 6.45) is 0. The number of para-hydroxylation sites is 1. The van der Waals surface area contributed by atoms with Gasteiger partial charge in [0.2, 0.25) is 0 Å². The van der Waals surface area contributed by atoms with Crippen LogP contribution in [0.5, 0.6) is 0 Å². The minimum atomic E-state index is -0.337. The number of thiol groups is 1. The molecule has 0 amide bonds. The van der Waals surface area contributed by atoms with Crippen LogP contribution in [-0.2, 0) is 0 Å². The molecule has 0 aliphatic carbocycles. The largest absolute Gasteiger partial charge is 0.422 e. The number of rotatable bonds is 2. The Kier molecular flexibility index (Phi) is 3.94. The molecule has 2 aromatic carbocycles. The second-order valence-electron chi connectivity index (χ2n) is 6.31. The van der Waals surface area contributed by atoms with Crippen LogP contribution in [0.1, 0.15) is 17.2 Å². The van der Waals surface area contributed by atoms with Crippen molar-refractivity contribution in [3.8, 4) is 0 Å². The monoisotopic (exact) mass is 353 g/mol. The van der Waals surface area contributed by atoms with Gasteiger partial charge in [-0.05, 0) is 29.8 Å². The van der Waals surface area contributed by atoms with Crippen molar-refractivity contribution in [2.75, 3.05) is 24.3 Å². The van der Waals surface area contributed by atoms with E-state index in [1.165, 1.54) is 0 Å². The summed E-state index contributed by atoms with van der Waals surface area (Å²) in [5.74, 6) is 0. The first-order valence-corrected chi connectivity index (χ1v) is 8.60. The van der Waals surface area contributed by atoms with Gasteiger partial charge in [-0.3, -0.25) is 5.32 Å². The SMILES string of the molecule is CN(C)c1ccc(C2NC(S)Nc3c2c(=O)oc2ccccc32)cc1. The standard InChI is InChI=1S/C19H19N3O2S/c1-22(2)12-9-7-11(8-10-12)16-15-17(21-19(25)20-16)13-5-3-4-6-14(13)24-18(15)23/h3-10,16,19-21,25H,1-2H3. The van der Waals surface area contributed by atoms with Gasteiger partial charge in [0.05, 0.1) is 17.3 Å². The highest BCUT2D eigenvalue weighted by atomic mass is 32.1. The lowest BCUT2D eigenvalue weighted by Gasteiger charge is -2.32. The molecule has 2 unspecified atom stereocenters. The summed E-state index contributed by atoms with van der Waals surface area (Å²) in [4.78, 5) is 14.7. The van der Waals surface area contributed by atoms with Crippen molar-refractivity contribution in [2.45, 2.75) is 11.5 Å². The molecule has 0 saturated carbocycles. The summed E-state index contributed by atoms with van der Waals surface area (Å²) in [7, 11) is 4.00. The van der Waals surface area contributed by atoms with E-state index in [0.717, 1.165) is 22.3 Å². The topological polar surface area (TPSA) is 57.5 Å². The fraction of sp³-hybridized carbons (Fsp3) is 0.211. The molecular weight excluding hydrogens is 334 g/mol. The van der Waals surface area contributed by atoms with Crippen LogP contribution in [0.4, 0.5) is 11.4 Å². The average Bonchev–Trinajstić information content (AvgIpc) is 2.61. The van der Waals surface area contributed by atoms with Gasteiger partial charge in [-0.15, -0.1) is 12.6 Å². The molecule has 2 N–H and O–H groups in total. The van der Waals surface area contributed by atoms with Crippen molar-refractivity contribution >= 4 is 35.0 Å². The van der Waals surface area contributed by atoms with Gasteiger partial charge in [0, 0.05) is 25.2 Å². The van der Waals surface area contributed by atoms with Gasteiger partial charge in [-0.25, -0.2) is 4.79 Å². The van der Waals surface area contributed by atoms with Crippen LogP contribution < -0.4 is 21.2 Å². The van der Waals surface area contributed by atoms with E-state index in [-0.39, 0.29) is 17.2 Å². The Labute approximate surface area is 151 Å². The highest BCUT2D eigenvalue weighted by Gasteiger charge is 2.30. The number of fused-ring (bicyclic) bond motifs is 3. The van der Waals surface area contributed by atoms with Crippen LogP contribution in [0.3, 0.4) is 0 Å². The second kappa shape index (κ2) is 6.13. The predicted molar refractivity (Wildman–Crippen MR) is 105 cm³/mol. The zero-order valence-electron chi connectivity index (χ0n) is 14.0. The van der Waals surface area contributed by atoms with Gasteiger partial charge in [0.1, 0.15) is 11.1 Å². The van der Waals surface area contributed by atoms with Crippen LogP contribution in [0.15, 0.2) is 57.7 Å². The van der Waals surface area contributed by atoms with Crippen LogP contribution in [0.25, 0.3) is 11.0 Å². The van der Waals surface area contributed by atoms with Crippen LogP contribution in [0.2, 0.25) is 0 Å². The maximum atomic E-state index is 12.7. The van der Waals surface area contributed by atoms with Gasteiger partial charge in [-0.2, -0.15) is 0 Å². The molecule has 128 valence electrons. The zero-order valence-corrected chi connectivity index (χ0v) is 14.9. The lowest BCUT2D eigenvalue weighted by atomic mass is 9.95. The van der Waals surface area contributed by atoms with E-state index in [1.54, 1.807) is 6.07 Å².